The van der Waals surface area contributed by atoms with Crippen LogP contribution in [-0.2, 0) is 4.74 Å². The Labute approximate surface area is 100 Å². The molecule has 0 amide bonds. The van der Waals surface area contributed by atoms with Gasteiger partial charge in [-0.2, -0.15) is 0 Å². The summed E-state index contributed by atoms with van der Waals surface area (Å²) in [5.41, 5.74) is 0.348. The van der Waals surface area contributed by atoms with Crippen molar-refractivity contribution < 1.29 is 4.74 Å². The van der Waals surface area contributed by atoms with Gasteiger partial charge in [0, 0.05) is 20.3 Å². The van der Waals surface area contributed by atoms with E-state index >= 15 is 0 Å². The summed E-state index contributed by atoms with van der Waals surface area (Å²) in [6.07, 6.45) is 9.62. The van der Waals surface area contributed by atoms with Gasteiger partial charge in [-0.25, -0.2) is 0 Å². The minimum atomic E-state index is 0.348. The van der Waals surface area contributed by atoms with Crippen LogP contribution in [0.3, 0.4) is 0 Å². The van der Waals surface area contributed by atoms with Crippen molar-refractivity contribution in [3.63, 3.8) is 0 Å². The Morgan fingerprint density at radius 3 is 2.81 bits per heavy atom. The molecule has 0 heterocycles. The van der Waals surface area contributed by atoms with Crippen molar-refractivity contribution in [2.75, 3.05) is 26.8 Å². The lowest BCUT2D eigenvalue weighted by atomic mass is 9.89. The van der Waals surface area contributed by atoms with Crippen molar-refractivity contribution in [2.45, 2.75) is 39.5 Å². The molecule has 1 unspecified atom stereocenters. The summed E-state index contributed by atoms with van der Waals surface area (Å²) in [6.45, 7) is 7.73. The first-order valence-corrected chi connectivity index (χ1v) is 6.49. The molecule has 1 aliphatic rings. The number of hydrogen-bond donors (Lipinski definition) is 1. The van der Waals surface area contributed by atoms with Crippen molar-refractivity contribution in [3.05, 3.63) is 12.2 Å². The van der Waals surface area contributed by atoms with Gasteiger partial charge in [0.25, 0.3) is 0 Å². The van der Waals surface area contributed by atoms with Gasteiger partial charge in [0.1, 0.15) is 0 Å². The van der Waals surface area contributed by atoms with Gasteiger partial charge < -0.3 is 10.1 Å². The van der Waals surface area contributed by atoms with Gasteiger partial charge in [-0.1, -0.05) is 26.0 Å². The first-order valence-electron chi connectivity index (χ1n) is 6.49. The third-order valence-corrected chi connectivity index (χ3v) is 3.40. The van der Waals surface area contributed by atoms with Crippen molar-refractivity contribution >= 4 is 0 Å². The zero-order chi connectivity index (χ0) is 11.9. The van der Waals surface area contributed by atoms with Gasteiger partial charge >= 0.3 is 0 Å². The first kappa shape index (κ1) is 13.7. The summed E-state index contributed by atoms with van der Waals surface area (Å²) in [5, 5.41) is 3.61. The fourth-order valence-electron chi connectivity index (χ4n) is 2.12. The molecule has 0 fully saturated rings. The van der Waals surface area contributed by atoms with Crippen LogP contribution < -0.4 is 5.32 Å². The highest BCUT2D eigenvalue weighted by Gasteiger charge is 2.18. The molecule has 0 saturated heterocycles. The van der Waals surface area contributed by atoms with Crippen LogP contribution in [0, 0.1) is 11.3 Å². The van der Waals surface area contributed by atoms with Crippen LogP contribution in [0.2, 0.25) is 0 Å². The number of allylic oxidation sites excluding steroid dienone is 2. The molecule has 0 aromatic rings. The van der Waals surface area contributed by atoms with Crippen molar-refractivity contribution in [1.29, 1.82) is 0 Å². The number of hydrogen-bond acceptors (Lipinski definition) is 2. The highest BCUT2D eigenvalue weighted by molar-refractivity contribution is 4.90. The normalized spacial score (nSPS) is 21.3. The molecule has 1 N–H and O–H groups in total. The summed E-state index contributed by atoms with van der Waals surface area (Å²) in [7, 11) is 1.78. The first-order chi connectivity index (χ1) is 7.64. The maximum Gasteiger partial charge on any atom is 0.0467 e. The lowest BCUT2D eigenvalue weighted by Gasteiger charge is -2.26. The Morgan fingerprint density at radius 2 is 2.19 bits per heavy atom. The number of ether oxygens (including phenoxy) is 1. The number of methoxy groups -OCH3 is 1. The molecule has 0 bridgehead atoms. The Bertz CT molecular complexity index is 211. The van der Waals surface area contributed by atoms with Crippen LogP contribution in [0.5, 0.6) is 0 Å². The van der Waals surface area contributed by atoms with Crippen LogP contribution in [0.1, 0.15) is 39.5 Å². The smallest absolute Gasteiger partial charge is 0.0467 e. The van der Waals surface area contributed by atoms with Gasteiger partial charge in [0.05, 0.1) is 0 Å². The van der Waals surface area contributed by atoms with Crippen molar-refractivity contribution in [2.24, 2.45) is 11.3 Å². The monoisotopic (exact) mass is 225 g/mol. The van der Waals surface area contributed by atoms with Gasteiger partial charge in [-0.05, 0) is 43.6 Å². The van der Waals surface area contributed by atoms with E-state index in [-0.39, 0.29) is 0 Å². The summed E-state index contributed by atoms with van der Waals surface area (Å²) in [4.78, 5) is 0. The van der Waals surface area contributed by atoms with Gasteiger partial charge in [-0.15, -0.1) is 0 Å². The Kier molecular flexibility index (Phi) is 6.07. The molecule has 2 heteroatoms. The molecule has 1 rings (SSSR count). The highest BCUT2D eigenvalue weighted by atomic mass is 16.5. The zero-order valence-electron chi connectivity index (χ0n) is 11.1. The molecule has 0 aliphatic heterocycles. The molecular weight excluding hydrogens is 198 g/mol. The molecule has 94 valence electrons. The average molecular weight is 225 g/mol. The zero-order valence-corrected chi connectivity index (χ0v) is 11.1. The SMILES string of the molecule is COCCC(C)(C)CNCC1CC=CCC1. The van der Waals surface area contributed by atoms with E-state index in [0.717, 1.165) is 25.5 Å². The van der Waals surface area contributed by atoms with Crippen LogP contribution >= 0.6 is 0 Å². The van der Waals surface area contributed by atoms with Crippen molar-refractivity contribution in [3.8, 4) is 0 Å². The Balaban J connectivity index is 2.11. The van der Waals surface area contributed by atoms with Gasteiger partial charge in [0.2, 0.25) is 0 Å². The lowest BCUT2D eigenvalue weighted by molar-refractivity contribution is 0.150. The third kappa shape index (κ3) is 5.66. The molecule has 0 spiro atoms. The van der Waals surface area contributed by atoms with E-state index in [9.17, 15) is 0 Å². The largest absolute Gasteiger partial charge is 0.385 e. The van der Waals surface area contributed by atoms with E-state index in [1.165, 1.54) is 25.8 Å². The molecular formula is C14H27NO. The minimum Gasteiger partial charge on any atom is -0.385 e. The highest BCUT2D eigenvalue weighted by Crippen LogP contribution is 2.20. The molecule has 2 nitrogen and oxygen atoms in total. The standard InChI is InChI=1S/C14H27NO/c1-14(2,9-10-16-3)12-15-11-13-7-5-4-6-8-13/h4-5,13,15H,6-12H2,1-3H3. The molecule has 0 radical (unpaired) electrons. The molecule has 16 heavy (non-hydrogen) atoms. The fraction of sp³-hybridized carbons (Fsp3) is 0.857. The van der Waals surface area contributed by atoms with E-state index < -0.39 is 0 Å². The molecule has 1 atom stereocenters. The van der Waals surface area contributed by atoms with Crippen LogP contribution in [0.15, 0.2) is 12.2 Å². The minimum absolute atomic E-state index is 0.348. The maximum atomic E-state index is 5.14. The van der Waals surface area contributed by atoms with Gasteiger partial charge in [0.15, 0.2) is 0 Å². The second kappa shape index (κ2) is 7.08. The Morgan fingerprint density at radius 1 is 1.38 bits per heavy atom. The Hall–Kier alpha value is -0.340. The topological polar surface area (TPSA) is 21.3 Å². The third-order valence-electron chi connectivity index (χ3n) is 3.40. The van der Waals surface area contributed by atoms with Crippen LogP contribution in [-0.4, -0.2) is 26.8 Å². The van der Waals surface area contributed by atoms with Crippen LogP contribution in [0.4, 0.5) is 0 Å². The molecule has 0 aromatic heterocycles. The summed E-state index contributed by atoms with van der Waals surface area (Å²) in [5.74, 6) is 0.850. The lowest BCUT2D eigenvalue weighted by Crippen LogP contribution is -2.33. The molecule has 1 aliphatic carbocycles. The predicted molar refractivity (Wildman–Crippen MR) is 69.6 cm³/mol. The van der Waals surface area contributed by atoms with E-state index in [1.54, 1.807) is 7.11 Å². The summed E-state index contributed by atoms with van der Waals surface area (Å²) >= 11 is 0. The molecule has 0 saturated carbocycles. The average Bonchev–Trinajstić information content (AvgIpc) is 2.28. The van der Waals surface area contributed by atoms with Crippen molar-refractivity contribution in [1.82, 2.24) is 5.32 Å². The second-order valence-electron chi connectivity index (χ2n) is 5.69. The number of rotatable bonds is 7. The molecule has 0 aromatic carbocycles. The van der Waals surface area contributed by atoms with E-state index in [0.29, 0.717) is 5.41 Å². The van der Waals surface area contributed by atoms with E-state index in [2.05, 4.69) is 31.3 Å². The fourth-order valence-corrected chi connectivity index (χ4v) is 2.12. The predicted octanol–water partition coefficient (Wildman–Crippen LogP) is 3.00. The summed E-state index contributed by atoms with van der Waals surface area (Å²) in [6, 6.07) is 0. The quantitative estimate of drug-likeness (QED) is 0.673. The van der Waals surface area contributed by atoms with Gasteiger partial charge in [-0.3, -0.25) is 0 Å². The number of nitrogens with one attached hydrogen (secondary N) is 1. The van der Waals surface area contributed by atoms with E-state index in [4.69, 9.17) is 4.74 Å². The second-order valence-corrected chi connectivity index (χ2v) is 5.69. The summed E-state index contributed by atoms with van der Waals surface area (Å²) < 4.78 is 5.14. The maximum absolute atomic E-state index is 5.14. The van der Waals surface area contributed by atoms with Crippen LogP contribution in [0.25, 0.3) is 0 Å². The van der Waals surface area contributed by atoms with E-state index in [1.807, 2.05) is 0 Å².